The van der Waals surface area contributed by atoms with Crippen molar-refractivity contribution in [2.75, 3.05) is 33.8 Å². The third kappa shape index (κ3) is 5.10. The number of hydrogen-bond acceptors (Lipinski definition) is 4. The van der Waals surface area contributed by atoms with Crippen LogP contribution in [0.25, 0.3) is 0 Å². The Morgan fingerprint density at radius 3 is 2.25 bits per heavy atom. The zero-order chi connectivity index (χ0) is 21.8. The number of halogens is 1. The number of imide groups is 1. The van der Waals surface area contributed by atoms with Gasteiger partial charge >= 0.3 is 0 Å². The molecule has 2 N–H and O–H groups in total. The summed E-state index contributed by atoms with van der Waals surface area (Å²) in [5.41, 5.74) is 1.30. The molecule has 1 aromatic rings. The van der Waals surface area contributed by atoms with Gasteiger partial charge in [0, 0.05) is 26.7 Å². The minimum absolute atomic E-state index is 0. The van der Waals surface area contributed by atoms with Crippen LogP contribution in [0.15, 0.2) is 41.4 Å². The quantitative estimate of drug-likeness (QED) is 0.123. The highest BCUT2D eigenvalue weighted by atomic mass is 127. The Morgan fingerprint density at radius 1 is 1.03 bits per heavy atom. The molecule has 2 amide bonds. The zero-order valence-corrected chi connectivity index (χ0v) is 21.1. The Morgan fingerprint density at radius 2 is 1.66 bits per heavy atom. The number of ether oxygens (including phenoxy) is 1. The molecule has 1 aromatic carbocycles. The Hall–Kier alpha value is -2.10. The van der Waals surface area contributed by atoms with Crippen LogP contribution in [-0.2, 0) is 16.0 Å². The smallest absolute Gasteiger partial charge is 0.233 e. The van der Waals surface area contributed by atoms with Crippen molar-refractivity contribution in [1.82, 2.24) is 15.5 Å². The standard InChI is InChI=1S/C24H32N4O3.HI/c1-25-24(26-12-4-3-5-16-6-10-19(31-2)11-7-16)27-13-14-28-22(29)20-17-8-9-18(15-17)21(20)23(28)30;/h6-11,17-18,20-21H,3-5,12-15H2,1-2H3,(H2,25,26,27);1H. The lowest BCUT2D eigenvalue weighted by molar-refractivity contribution is -0.140. The summed E-state index contributed by atoms with van der Waals surface area (Å²) in [4.78, 5) is 31.1. The van der Waals surface area contributed by atoms with Crippen molar-refractivity contribution >= 4 is 41.8 Å². The lowest BCUT2D eigenvalue weighted by Gasteiger charge is -2.18. The number of guanidine groups is 1. The van der Waals surface area contributed by atoms with Gasteiger partial charge in [0.05, 0.1) is 18.9 Å². The number of unbranched alkanes of at least 4 members (excludes halogenated alkanes) is 1. The van der Waals surface area contributed by atoms with Crippen LogP contribution >= 0.6 is 24.0 Å². The van der Waals surface area contributed by atoms with E-state index in [0.29, 0.717) is 19.0 Å². The number of benzene rings is 1. The van der Waals surface area contributed by atoms with Gasteiger partial charge < -0.3 is 15.4 Å². The molecule has 0 aromatic heterocycles. The molecular formula is C24H33IN4O3. The number of carbonyl (C=O) groups is 2. The molecule has 0 radical (unpaired) electrons. The van der Waals surface area contributed by atoms with Crippen molar-refractivity contribution < 1.29 is 14.3 Å². The van der Waals surface area contributed by atoms with E-state index in [1.54, 1.807) is 14.2 Å². The average molecular weight is 552 g/mol. The van der Waals surface area contributed by atoms with Crippen LogP contribution < -0.4 is 15.4 Å². The number of rotatable bonds is 9. The molecule has 1 saturated carbocycles. The predicted octanol–water partition coefficient (Wildman–Crippen LogP) is 2.61. The molecule has 2 bridgehead atoms. The monoisotopic (exact) mass is 552 g/mol. The van der Waals surface area contributed by atoms with E-state index in [1.807, 2.05) is 12.1 Å². The van der Waals surface area contributed by atoms with Gasteiger partial charge in [0.2, 0.25) is 11.8 Å². The maximum Gasteiger partial charge on any atom is 0.233 e. The summed E-state index contributed by atoms with van der Waals surface area (Å²) in [6, 6.07) is 8.18. The molecule has 3 aliphatic rings. The molecule has 1 saturated heterocycles. The minimum atomic E-state index is -0.120. The van der Waals surface area contributed by atoms with Crippen LogP contribution in [0.2, 0.25) is 0 Å². The van der Waals surface area contributed by atoms with Gasteiger partial charge in [0.1, 0.15) is 5.75 Å². The van der Waals surface area contributed by atoms with Crippen LogP contribution in [0.5, 0.6) is 5.75 Å². The van der Waals surface area contributed by atoms with Crippen molar-refractivity contribution in [2.45, 2.75) is 25.7 Å². The van der Waals surface area contributed by atoms with Gasteiger partial charge in [-0.25, -0.2) is 0 Å². The Kier molecular flexibility index (Phi) is 8.56. The first-order valence-electron chi connectivity index (χ1n) is 11.2. The van der Waals surface area contributed by atoms with E-state index in [1.165, 1.54) is 10.5 Å². The summed E-state index contributed by atoms with van der Waals surface area (Å²) in [6.07, 6.45) is 8.34. The van der Waals surface area contributed by atoms with E-state index in [2.05, 4.69) is 39.9 Å². The van der Waals surface area contributed by atoms with Crippen molar-refractivity contribution in [1.29, 1.82) is 0 Å². The molecule has 32 heavy (non-hydrogen) atoms. The molecule has 2 fully saturated rings. The fourth-order valence-corrected chi connectivity index (χ4v) is 5.14. The van der Waals surface area contributed by atoms with Gasteiger partial charge in [0.15, 0.2) is 5.96 Å². The van der Waals surface area contributed by atoms with E-state index in [9.17, 15) is 9.59 Å². The van der Waals surface area contributed by atoms with Gasteiger partial charge in [0.25, 0.3) is 0 Å². The minimum Gasteiger partial charge on any atom is -0.497 e. The third-order valence-corrected chi connectivity index (χ3v) is 6.76. The highest BCUT2D eigenvalue weighted by molar-refractivity contribution is 14.0. The van der Waals surface area contributed by atoms with Crippen LogP contribution in [0, 0.1) is 23.7 Å². The van der Waals surface area contributed by atoms with E-state index in [-0.39, 0.29) is 59.5 Å². The predicted molar refractivity (Wildman–Crippen MR) is 135 cm³/mol. The van der Waals surface area contributed by atoms with Gasteiger partial charge in [-0.3, -0.25) is 19.5 Å². The van der Waals surface area contributed by atoms with Gasteiger partial charge in [-0.1, -0.05) is 24.3 Å². The molecule has 8 heteroatoms. The Balaban J connectivity index is 0.00000289. The largest absolute Gasteiger partial charge is 0.497 e. The van der Waals surface area contributed by atoms with Gasteiger partial charge in [-0.05, 0) is 55.2 Å². The maximum absolute atomic E-state index is 12.7. The lowest BCUT2D eigenvalue weighted by Crippen LogP contribution is -2.43. The number of likely N-dealkylation sites (tertiary alicyclic amines) is 1. The van der Waals surface area contributed by atoms with Crippen molar-refractivity contribution in [3.05, 3.63) is 42.0 Å². The van der Waals surface area contributed by atoms with E-state index < -0.39 is 0 Å². The summed E-state index contributed by atoms with van der Waals surface area (Å²) < 4.78 is 5.19. The highest BCUT2D eigenvalue weighted by Crippen LogP contribution is 2.52. The maximum atomic E-state index is 12.7. The summed E-state index contributed by atoms with van der Waals surface area (Å²) in [5, 5.41) is 6.53. The first-order valence-corrected chi connectivity index (χ1v) is 11.2. The fourth-order valence-electron chi connectivity index (χ4n) is 5.14. The highest BCUT2D eigenvalue weighted by Gasteiger charge is 2.58. The molecule has 7 nitrogen and oxygen atoms in total. The van der Waals surface area contributed by atoms with Crippen LogP contribution in [-0.4, -0.2) is 56.5 Å². The number of nitrogens with zero attached hydrogens (tertiary/aromatic N) is 2. The molecule has 1 aliphatic heterocycles. The number of fused-ring (bicyclic) bond motifs is 5. The second kappa shape index (κ2) is 11.2. The van der Waals surface area contributed by atoms with Crippen molar-refractivity contribution in [3.63, 3.8) is 0 Å². The molecule has 0 spiro atoms. The topological polar surface area (TPSA) is 83.0 Å². The van der Waals surface area contributed by atoms with E-state index in [0.717, 1.165) is 38.0 Å². The zero-order valence-electron chi connectivity index (χ0n) is 18.8. The number of hydrogen-bond donors (Lipinski definition) is 2. The van der Waals surface area contributed by atoms with E-state index >= 15 is 0 Å². The molecule has 4 rings (SSSR count). The number of nitrogens with one attached hydrogen (secondary N) is 2. The third-order valence-electron chi connectivity index (χ3n) is 6.76. The van der Waals surface area contributed by atoms with Crippen LogP contribution in [0.3, 0.4) is 0 Å². The van der Waals surface area contributed by atoms with Crippen molar-refractivity contribution in [2.24, 2.45) is 28.7 Å². The number of methoxy groups -OCH3 is 1. The number of carbonyl (C=O) groups excluding carboxylic acids is 2. The number of aliphatic imine (C=N–C) groups is 1. The van der Waals surface area contributed by atoms with E-state index in [4.69, 9.17) is 4.74 Å². The average Bonchev–Trinajstić information content (AvgIpc) is 3.47. The van der Waals surface area contributed by atoms with Gasteiger partial charge in [-0.15, -0.1) is 24.0 Å². The number of amides is 2. The number of allylic oxidation sites excluding steroid dienone is 2. The second-order valence-electron chi connectivity index (χ2n) is 8.56. The number of aryl methyl sites for hydroxylation is 1. The fraction of sp³-hybridized carbons (Fsp3) is 0.542. The normalized spacial score (nSPS) is 25.7. The first-order chi connectivity index (χ1) is 15.1. The van der Waals surface area contributed by atoms with Gasteiger partial charge in [-0.2, -0.15) is 0 Å². The Labute approximate surface area is 207 Å². The van der Waals surface area contributed by atoms with Crippen molar-refractivity contribution in [3.8, 4) is 5.75 Å². The molecule has 174 valence electrons. The summed E-state index contributed by atoms with van der Waals surface area (Å²) in [6.45, 7) is 1.71. The summed E-state index contributed by atoms with van der Waals surface area (Å²) >= 11 is 0. The molecule has 4 unspecified atom stereocenters. The summed E-state index contributed by atoms with van der Waals surface area (Å²) in [7, 11) is 3.40. The molecule has 4 atom stereocenters. The Bertz CT molecular complexity index is 841. The van der Waals surface area contributed by atoms with Crippen LogP contribution in [0.1, 0.15) is 24.8 Å². The molecular weight excluding hydrogens is 519 g/mol. The SMILES string of the molecule is CN=C(NCCCCc1ccc(OC)cc1)NCCN1C(=O)C2C3C=CC(C3)C2C1=O.I. The van der Waals surface area contributed by atoms with Crippen LogP contribution in [0.4, 0.5) is 0 Å². The lowest BCUT2D eigenvalue weighted by atomic mass is 9.85. The molecule has 2 aliphatic carbocycles. The first kappa shape index (κ1) is 24.5. The summed E-state index contributed by atoms with van der Waals surface area (Å²) in [5.74, 6) is 1.88. The molecule has 1 heterocycles. The second-order valence-corrected chi connectivity index (χ2v) is 8.56.